The van der Waals surface area contributed by atoms with Crippen molar-refractivity contribution in [3.63, 3.8) is 0 Å². The van der Waals surface area contributed by atoms with Gasteiger partial charge in [-0.2, -0.15) is 17.4 Å². The molecule has 3 rings (SSSR count). The van der Waals surface area contributed by atoms with Crippen molar-refractivity contribution in [2.24, 2.45) is 0 Å². The molecule has 0 saturated carbocycles. The molecule has 1 aliphatic heterocycles. The summed E-state index contributed by atoms with van der Waals surface area (Å²) in [5.74, 6) is 0. The second-order valence-corrected chi connectivity index (χ2v) is 7.37. The van der Waals surface area contributed by atoms with Crippen molar-refractivity contribution in [3.05, 3.63) is 36.0 Å². The lowest BCUT2D eigenvalue weighted by molar-refractivity contribution is 0.265. The Morgan fingerprint density at radius 2 is 2.14 bits per heavy atom. The molecule has 2 heterocycles. The summed E-state index contributed by atoms with van der Waals surface area (Å²) in [5, 5.41) is 1.10. The monoisotopic (exact) mass is 307 g/mol. The van der Waals surface area contributed by atoms with Crippen LogP contribution < -0.4 is 4.72 Å². The average Bonchev–Trinajstić information content (AvgIpc) is 2.88. The van der Waals surface area contributed by atoms with E-state index in [0.717, 1.165) is 35.9 Å². The van der Waals surface area contributed by atoms with Gasteiger partial charge in [0.25, 0.3) is 10.2 Å². The maximum Gasteiger partial charge on any atom is 0.280 e. The molecule has 0 radical (unpaired) electrons. The first-order valence-electron chi connectivity index (χ1n) is 7.39. The molecule has 1 aliphatic rings. The van der Waals surface area contributed by atoms with Crippen LogP contribution in [0, 0.1) is 0 Å². The Bertz CT molecular complexity index is 690. The van der Waals surface area contributed by atoms with Crippen molar-refractivity contribution in [3.8, 4) is 0 Å². The van der Waals surface area contributed by atoms with Crippen molar-refractivity contribution >= 4 is 21.1 Å². The normalized spacial score (nSPS) is 20.9. The molecule has 2 N–H and O–H groups in total. The molecule has 0 bridgehead atoms. The average molecular weight is 307 g/mol. The number of aromatic amines is 1. The van der Waals surface area contributed by atoms with E-state index in [2.05, 4.69) is 9.71 Å². The Morgan fingerprint density at radius 3 is 2.90 bits per heavy atom. The molecular formula is C15H21N3O2S. The molecule has 1 unspecified atom stereocenters. The number of nitrogens with zero attached hydrogens (tertiary/aromatic N) is 1. The molecule has 114 valence electrons. The van der Waals surface area contributed by atoms with E-state index in [0.29, 0.717) is 13.1 Å². The lowest BCUT2D eigenvalue weighted by Gasteiger charge is -2.32. The van der Waals surface area contributed by atoms with Crippen molar-refractivity contribution in [2.45, 2.75) is 38.8 Å². The van der Waals surface area contributed by atoms with Gasteiger partial charge in [-0.05, 0) is 37.3 Å². The van der Waals surface area contributed by atoms with E-state index in [9.17, 15) is 8.42 Å². The number of nitrogens with one attached hydrogen (secondary N) is 2. The highest BCUT2D eigenvalue weighted by molar-refractivity contribution is 7.87. The second kappa shape index (κ2) is 5.79. The topological polar surface area (TPSA) is 65.2 Å². The number of benzene rings is 1. The maximum atomic E-state index is 12.4. The van der Waals surface area contributed by atoms with Gasteiger partial charge in [-0.15, -0.1) is 0 Å². The fraction of sp³-hybridized carbons (Fsp3) is 0.467. The van der Waals surface area contributed by atoms with Gasteiger partial charge in [-0.3, -0.25) is 0 Å². The minimum absolute atomic E-state index is 0.0824. The molecule has 0 spiro atoms. The first-order valence-corrected chi connectivity index (χ1v) is 8.83. The molecule has 0 aliphatic carbocycles. The summed E-state index contributed by atoms with van der Waals surface area (Å²) >= 11 is 0. The summed E-state index contributed by atoms with van der Waals surface area (Å²) in [6.45, 7) is 2.88. The van der Waals surface area contributed by atoms with Gasteiger partial charge in [0.05, 0.1) is 6.54 Å². The molecule has 1 fully saturated rings. The van der Waals surface area contributed by atoms with Crippen LogP contribution in [0.5, 0.6) is 0 Å². The van der Waals surface area contributed by atoms with Crippen LogP contribution in [-0.4, -0.2) is 30.3 Å². The minimum atomic E-state index is -3.40. The summed E-state index contributed by atoms with van der Waals surface area (Å²) in [4.78, 5) is 3.24. The highest BCUT2D eigenvalue weighted by atomic mass is 32.2. The lowest BCUT2D eigenvalue weighted by atomic mass is 10.1. The number of hydrogen-bond donors (Lipinski definition) is 2. The van der Waals surface area contributed by atoms with Gasteiger partial charge in [-0.1, -0.05) is 24.6 Å². The van der Waals surface area contributed by atoms with Crippen LogP contribution >= 0.6 is 0 Å². The third kappa shape index (κ3) is 3.12. The van der Waals surface area contributed by atoms with Crippen LogP contribution in [0.4, 0.5) is 0 Å². The van der Waals surface area contributed by atoms with Gasteiger partial charge in [0.2, 0.25) is 0 Å². The van der Waals surface area contributed by atoms with E-state index >= 15 is 0 Å². The molecule has 5 nitrogen and oxygen atoms in total. The molecular weight excluding hydrogens is 286 g/mol. The summed E-state index contributed by atoms with van der Waals surface area (Å²) in [6, 6.07) is 9.99. The zero-order chi connectivity index (χ0) is 14.9. The molecule has 21 heavy (non-hydrogen) atoms. The number of fused-ring (bicyclic) bond motifs is 1. The Morgan fingerprint density at radius 1 is 1.33 bits per heavy atom. The van der Waals surface area contributed by atoms with E-state index in [4.69, 9.17) is 0 Å². The fourth-order valence-corrected chi connectivity index (χ4v) is 4.36. The highest BCUT2D eigenvalue weighted by Crippen LogP contribution is 2.20. The van der Waals surface area contributed by atoms with Gasteiger partial charge < -0.3 is 4.98 Å². The van der Waals surface area contributed by atoms with Gasteiger partial charge >= 0.3 is 0 Å². The largest absolute Gasteiger partial charge is 0.357 e. The zero-order valence-electron chi connectivity index (χ0n) is 12.2. The first-order chi connectivity index (χ1) is 10.1. The predicted molar refractivity (Wildman–Crippen MR) is 84.1 cm³/mol. The predicted octanol–water partition coefficient (Wildman–Crippen LogP) is 2.38. The third-order valence-electron chi connectivity index (χ3n) is 4.08. The summed E-state index contributed by atoms with van der Waals surface area (Å²) in [7, 11) is -3.40. The number of rotatable bonds is 4. The minimum Gasteiger partial charge on any atom is -0.357 e. The van der Waals surface area contributed by atoms with Crippen LogP contribution in [0.15, 0.2) is 30.3 Å². The molecule has 0 amide bonds. The van der Waals surface area contributed by atoms with E-state index in [1.165, 1.54) is 0 Å². The summed E-state index contributed by atoms with van der Waals surface area (Å²) in [6.07, 6.45) is 2.99. The Hall–Kier alpha value is -1.37. The van der Waals surface area contributed by atoms with Crippen molar-refractivity contribution in [2.75, 3.05) is 6.54 Å². The Labute approximate surface area is 125 Å². The van der Waals surface area contributed by atoms with Gasteiger partial charge in [0.15, 0.2) is 0 Å². The van der Waals surface area contributed by atoms with E-state index < -0.39 is 10.2 Å². The smallest absolute Gasteiger partial charge is 0.280 e. The highest BCUT2D eigenvalue weighted by Gasteiger charge is 2.29. The van der Waals surface area contributed by atoms with Crippen LogP contribution in [0.25, 0.3) is 10.9 Å². The van der Waals surface area contributed by atoms with E-state index in [1.807, 2.05) is 37.3 Å². The van der Waals surface area contributed by atoms with E-state index in [-0.39, 0.29) is 6.04 Å². The quantitative estimate of drug-likeness (QED) is 0.911. The molecule has 2 aromatic rings. The molecule has 1 atom stereocenters. The molecule has 1 aromatic carbocycles. The van der Waals surface area contributed by atoms with Gasteiger partial charge in [0, 0.05) is 23.8 Å². The SMILES string of the molecule is CC1CCCCN1S(=O)(=O)NCc1cc2ccccc2[nH]1. The van der Waals surface area contributed by atoms with Crippen LogP contribution in [0.1, 0.15) is 31.9 Å². The second-order valence-electron chi connectivity index (χ2n) is 5.66. The number of H-pyrrole nitrogens is 1. The molecule has 1 aromatic heterocycles. The van der Waals surface area contributed by atoms with Crippen molar-refractivity contribution < 1.29 is 8.42 Å². The number of hydrogen-bond acceptors (Lipinski definition) is 2. The summed E-state index contributed by atoms with van der Waals surface area (Å²) < 4.78 is 29.1. The zero-order valence-corrected chi connectivity index (χ0v) is 13.0. The van der Waals surface area contributed by atoms with Crippen LogP contribution in [-0.2, 0) is 16.8 Å². The number of aromatic nitrogens is 1. The number of para-hydroxylation sites is 1. The van der Waals surface area contributed by atoms with Gasteiger partial charge in [-0.25, -0.2) is 0 Å². The van der Waals surface area contributed by atoms with Gasteiger partial charge in [0.1, 0.15) is 0 Å². The standard InChI is InChI=1S/C15H21N3O2S/c1-12-6-4-5-9-18(12)21(19,20)16-11-14-10-13-7-2-3-8-15(13)17-14/h2-3,7-8,10,12,16-17H,4-6,9,11H2,1H3. The van der Waals surface area contributed by atoms with Crippen molar-refractivity contribution in [1.82, 2.24) is 14.0 Å². The molecule has 1 saturated heterocycles. The van der Waals surface area contributed by atoms with Crippen molar-refractivity contribution in [1.29, 1.82) is 0 Å². The lowest BCUT2D eigenvalue weighted by Crippen LogP contribution is -2.47. The van der Waals surface area contributed by atoms with Crippen LogP contribution in [0.2, 0.25) is 0 Å². The fourth-order valence-electron chi connectivity index (χ4n) is 2.91. The Kier molecular flexibility index (Phi) is 4.01. The molecule has 6 heteroatoms. The maximum absolute atomic E-state index is 12.4. The third-order valence-corrected chi connectivity index (χ3v) is 5.75. The van der Waals surface area contributed by atoms with E-state index in [1.54, 1.807) is 4.31 Å². The van der Waals surface area contributed by atoms with Crippen LogP contribution in [0.3, 0.4) is 0 Å². The summed E-state index contributed by atoms with van der Waals surface area (Å²) in [5.41, 5.74) is 1.91. The first kappa shape index (κ1) is 14.6. The number of piperidine rings is 1. The Balaban J connectivity index is 1.71.